The van der Waals surface area contributed by atoms with Crippen molar-refractivity contribution in [3.63, 3.8) is 0 Å². The van der Waals surface area contributed by atoms with Crippen LogP contribution in [0.25, 0.3) is 11.5 Å². The zero-order valence-electron chi connectivity index (χ0n) is 18.0. The van der Waals surface area contributed by atoms with Crippen LogP contribution in [0, 0.1) is 24.0 Å². The summed E-state index contributed by atoms with van der Waals surface area (Å²) in [6.45, 7) is 4.77. The third kappa shape index (κ3) is 3.58. The summed E-state index contributed by atoms with van der Waals surface area (Å²) in [5, 5.41) is 16.1. The molecule has 2 aromatic carbocycles. The maximum atomic E-state index is 13.2. The van der Waals surface area contributed by atoms with Gasteiger partial charge in [-0.2, -0.15) is 5.10 Å². The van der Waals surface area contributed by atoms with Gasteiger partial charge in [-0.25, -0.2) is 4.68 Å². The van der Waals surface area contributed by atoms with E-state index in [-0.39, 0.29) is 22.2 Å². The van der Waals surface area contributed by atoms with E-state index in [0.717, 1.165) is 28.3 Å². The molecule has 0 fully saturated rings. The van der Waals surface area contributed by atoms with Gasteiger partial charge in [-0.1, -0.05) is 29.3 Å². The number of rotatable bonds is 4. The van der Waals surface area contributed by atoms with Crippen LogP contribution in [0.1, 0.15) is 32.7 Å². The molecule has 0 bridgehead atoms. The molecule has 2 aromatic heterocycles. The van der Waals surface area contributed by atoms with Crippen molar-refractivity contribution in [2.45, 2.75) is 26.9 Å². The number of halogens is 1. The number of amides is 1. The third-order valence-electron chi connectivity index (χ3n) is 5.84. The van der Waals surface area contributed by atoms with Gasteiger partial charge in [0, 0.05) is 29.6 Å². The highest BCUT2D eigenvalue weighted by atomic mass is 35.5. The molecular weight excluding hydrogens is 442 g/mol. The van der Waals surface area contributed by atoms with Gasteiger partial charge in [-0.05, 0) is 49.7 Å². The van der Waals surface area contributed by atoms with Crippen molar-refractivity contribution in [2.75, 3.05) is 0 Å². The lowest BCUT2D eigenvalue weighted by molar-refractivity contribution is -0.384. The van der Waals surface area contributed by atoms with Gasteiger partial charge in [-0.15, -0.1) is 0 Å². The summed E-state index contributed by atoms with van der Waals surface area (Å²) in [5.74, 6) is 0.573. The number of nitro groups is 1. The largest absolute Gasteiger partial charge is 0.328 e. The Morgan fingerprint density at radius 1 is 1.09 bits per heavy atom. The Balaban J connectivity index is 1.53. The van der Waals surface area contributed by atoms with Crippen LogP contribution in [0.3, 0.4) is 0 Å². The first-order valence-electron chi connectivity index (χ1n) is 10.4. The molecule has 8 nitrogen and oxygen atoms in total. The van der Waals surface area contributed by atoms with Gasteiger partial charge in [-0.3, -0.25) is 14.9 Å². The molecule has 0 atom stereocenters. The number of aromatic nitrogens is 3. The molecule has 0 saturated heterocycles. The summed E-state index contributed by atoms with van der Waals surface area (Å²) in [4.78, 5) is 25.5. The Morgan fingerprint density at radius 3 is 2.55 bits per heavy atom. The van der Waals surface area contributed by atoms with Crippen LogP contribution in [0.5, 0.6) is 0 Å². The number of carbonyl (C=O) groups is 1. The van der Waals surface area contributed by atoms with Crippen LogP contribution < -0.4 is 0 Å². The molecule has 0 radical (unpaired) electrons. The van der Waals surface area contributed by atoms with Crippen LogP contribution in [-0.2, 0) is 13.1 Å². The van der Waals surface area contributed by atoms with Crippen LogP contribution in [0.4, 0.5) is 5.69 Å². The minimum Gasteiger partial charge on any atom is -0.328 e. The van der Waals surface area contributed by atoms with Gasteiger partial charge in [0.2, 0.25) is 0 Å². The summed E-state index contributed by atoms with van der Waals surface area (Å²) in [5.41, 5.74) is 4.94. The number of fused-ring (bicyclic) bond motifs is 1. The SMILES string of the molecule is Cc1ccc(-n2nc3c(c2-n2cccc2)CN(C(=O)c2ccc(Cl)c([N+](=O)[O-])c2)C3)c(C)c1. The summed E-state index contributed by atoms with van der Waals surface area (Å²) in [7, 11) is 0. The molecule has 0 unspecified atom stereocenters. The van der Waals surface area contributed by atoms with E-state index in [1.165, 1.54) is 23.8 Å². The monoisotopic (exact) mass is 461 g/mol. The number of hydrogen-bond acceptors (Lipinski definition) is 4. The summed E-state index contributed by atoms with van der Waals surface area (Å²) in [6.07, 6.45) is 3.90. The van der Waals surface area contributed by atoms with E-state index in [1.807, 2.05) is 33.8 Å². The van der Waals surface area contributed by atoms with Crippen molar-refractivity contribution in [3.05, 3.63) is 104 Å². The lowest BCUT2D eigenvalue weighted by atomic mass is 10.1. The Bertz CT molecular complexity index is 1410. The number of nitro benzene ring substituents is 1. The zero-order valence-corrected chi connectivity index (χ0v) is 18.8. The fourth-order valence-electron chi connectivity index (χ4n) is 4.27. The number of nitrogens with zero attached hydrogens (tertiary/aromatic N) is 5. The van der Waals surface area contributed by atoms with Crippen molar-refractivity contribution in [3.8, 4) is 11.5 Å². The van der Waals surface area contributed by atoms with E-state index >= 15 is 0 Å². The second-order valence-electron chi connectivity index (χ2n) is 8.13. The number of benzene rings is 2. The van der Waals surface area contributed by atoms with Crippen molar-refractivity contribution in [1.29, 1.82) is 0 Å². The minimum atomic E-state index is -0.587. The lowest BCUT2D eigenvalue weighted by Crippen LogP contribution is -2.26. The van der Waals surface area contributed by atoms with Crippen LogP contribution in [-0.4, -0.2) is 30.1 Å². The molecule has 3 heterocycles. The van der Waals surface area contributed by atoms with Crippen LogP contribution in [0.2, 0.25) is 5.02 Å². The Kier molecular flexibility index (Phi) is 5.02. The molecule has 5 rings (SSSR count). The van der Waals surface area contributed by atoms with E-state index in [1.54, 1.807) is 4.90 Å². The summed E-state index contributed by atoms with van der Waals surface area (Å²) < 4.78 is 3.92. The van der Waals surface area contributed by atoms with E-state index in [9.17, 15) is 14.9 Å². The molecule has 0 N–H and O–H groups in total. The summed E-state index contributed by atoms with van der Waals surface area (Å²) in [6, 6.07) is 14.2. The highest BCUT2D eigenvalue weighted by Gasteiger charge is 2.32. The first kappa shape index (κ1) is 21.0. The molecule has 4 aromatic rings. The predicted octanol–water partition coefficient (Wildman–Crippen LogP) is 5.00. The molecule has 1 aliphatic rings. The Morgan fingerprint density at radius 2 is 1.85 bits per heavy atom. The van der Waals surface area contributed by atoms with Gasteiger partial charge in [0.1, 0.15) is 10.8 Å². The standard InChI is InChI=1S/C24H20ClN5O3/c1-15-5-8-21(16(2)11-15)29-23(27-9-3-4-10-27)18-13-28(14-20(18)26-29)24(31)17-6-7-19(25)22(12-17)30(32)33/h3-12H,13-14H2,1-2H3. The van der Waals surface area contributed by atoms with E-state index in [2.05, 4.69) is 32.0 Å². The molecule has 0 aliphatic carbocycles. The zero-order chi connectivity index (χ0) is 23.3. The fraction of sp³-hybridized carbons (Fsp3) is 0.167. The molecule has 1 amide bonds. The fourth-order valence-corrected chi connectivity index (χ4v) is 4.45. The maximum absolute atomic E-state index is 13.2. The topological polar surface area (TPSA) is 86.2 Å². The smallest absolute Gasteiger partial charge is 0.288 e. The van der Waals surface area contributed by atoms with Crippen LogP contribution in [0.15, 0.2) is 60.9 Å². The minimum absolute atomic E-state index is 0.000859. The molecule has 166 valence electrons. The molecule has 0 saturated carbocycles. The van der Waals surface area contributed by atoms with Crippen molar-refractivity contribution >= 4 is 23.2 Å². The molecule has 33 heavy (non-hydrogen) atoms. The molecule has 0 spiro atoms. The quantitative estimate of drug-likeness (QED) is 0.316. The van der Waals surface area contributed by atoms with E-state index in [4.69, 9.17) is 16.7 Å². The summed E-state index contributed by atoms with van der Waals surface area (Å²) >= 11 is 5.90. The normalized spacial score (nSPS) is 12.8. The average molecular weight is 462 g/mol. The van der Waals surface area contributed by atoms with Gasteiger partial charge in [0.15, 0.2) is 0 Å². The van der Waals surface area contributed by atoms with Crippen molar-refractivity contribution in [1.82, 2.24) is 19.2 Å². The predicted molar refractivity (Wildman–Crippen MR) is 124 cm³/mol. The van der Waals surface area contributed by atoms with Crippen molar-refractivity contribution < 1.29 is 9.72 Å². The second kappa shape index (κ2) is 7.90. The van der Waals surface area contributed by atoms with Gasteiger partial charge >= 0.3 is 0 Å². The first-order valence-corrected chi connectivity index (χ1v) is 10.8. The van der Waals surface area contributed by atoms with Gasteiger partial charge < -0.3 is 9.47 Å². The van der Waals surface area contributed by atoms with Crippen LogP contribution >= 0.6 is 11.6 Å². The number of carbonyl (C=O) groups excluding carboxylic acids is 1. The highest BCUT2D eigenvalue weighted by molar-refractivity contribution is 6.32. The van der Waals surface area contributed by atoms with E-state index < -0.39 is 4.92 Å². The maximum Gasteiger partial charge on any atom is 0.288 e. The third-order valence-corrected chi connectivity index (χ3v) is 6.16. The number of hydrogen-bond donors (Lipinski definition) is 0. The average Bonchev–Trinajstić information content (AvgIpc) is 3.49. The highest BCUT2D eigenvalue weighted by Crippen LogP contribution is 2.33. The Labute approximate surface area is 194 Å². The molecule has 1 aliphatic heterocycles. The lowest BCUT2D eigenvalue weighted by Gasteiger charge is -2.18. The van der Waals surface area contributed by atoms with E-state index in [0.29, 0.717) is 13.1 Å². The molecule has 9 heteroatoms. The van der Waals surface area contributed by atoms with Crippen molar-refractivity contribution in [2.24, 2.45) is 0 Å². The first-order chi connectivity index (χ1) is 15.8. The second-order valence-corrected chi connectivity index (χ2v) is 8.53. The van der Waals surface area contributed by atoms with Gasteiger partial charge in [0.25, 0.3) is 11.6 Å². The Hall–Kier alpha value is -3.91. The van der Waals surface area contributed by atoms with Gasteiger partial charge in [0.05, 0.1) is 29.4 Å². The molecular formula is C24H20ClN5O3. The number of aryl methyl sites for hydroxylation is 2.